The maximum absolute atomic E-state index is 13.4. The predicted molar refractivity (Wildman–Crippen MR) is 82.2 cm³/mol. The molecular weight excluding hydrogens is 287 g/mol. The maximum Gasteiger partial charge on any atom is 0.141 e. The summed E-state index contributed by atoms with van der Waals surface area (Å²) in [6.07, 6.45) is 2.87. The summed E-state index contributed by atoms with van der Waals surface area (Å²) in [7, 11) is 0. The molecule has 1 aliphatic heterocycles. The summed E-state index contributed by atoms with van der Waals surface area (Å²) in [6.45, 7) is 2.82. The highest BCUT2D eigenvalue weighted by atomic mass is 32.2. The number of benzene rings is 1. The van der Waals surface area contributed by atoms with Gasteiger partial charge in [-0.05, 0) is 30.3 Å². The molecule has 0 spiro atoms. The van der Waals surface area contributed by atoms with E-state index in [1.807, 2.05) is 25.1 Å². The molecule has 1 aromatic heterocycles. The Morgan fingerprint density at radius 2 is 2.29 bits per heavy atom. The minimum absolute atomic E-state index is 0.0477. The number of rotatable bonds is 4. The summed E-state index contributed by atoms with van der Waals surface area (Å²) in [5, 5.41) is 3.38. The molecule has 0 saturated heterocycles. The summed E-state index contributed by atoms with van der Waals surface area (Å²) >= 11 is 1.77. The number of nitrogens with one attached hydrogen (secondary N) is 1. The van der Waals surface area contributed by atoms with Crippen LogP contribution in [0.1, 0.15) is 18.5 Å². The first-order valence-corrected chi connectivity index (χ1v) is 7.99. The van der Waals surface area contributed by atoms with E-state index in [2.05, 4.69) is 16.4 Å². The van der Waals surface area contributed by atoms with Crippen molar-refractivity contribution in [2.45, 2.75) is 24.0 Å². The first-order chi connectivity index (χ1) is 10.3. The second kappa shape index (κ2) is 6.45. The van der Waals surface area contributed by atoms with Gasteiger partial charge in [-0.25, -0.2) is 4.39 Å². The lowest BCUT2D eigenvalue weighted by atomic mass is 10.0. The average Bonchev–Trinajstić information content (AvgIpc) is 2.52. The molecular formula is C16H17FN2OS. The van der Waals surface area contributed by atoms with Gasteiger partial charge < -0.3 is 10.1 Å². The number of ether oxygens (including phenoxy) is 1. The summed E-state index contributed by atoms with van der Waals surface area (Å²) in [5.41, 5.74) is 0.821. The Hall–Kier alpha value is -1.59. The van der Waals surface area contributed by atoms with E-state index in [1.54, 1.807) is 18.0 Å². The molecule has 1 N–H and O–H groups in total. The van der Waals surface area contributed by atoms with Crippen molar-refractivity contribution in [3.8, 4) is 5.75 Å². The van der Waals surface area contributed by atoms with Gasteiger partial charge in [-0.3, -0.25) is 4.98 Å². The van der Waals surface area contributed by atoms with Crippen molar-refractivity contribution < 1.29 is 9.13 Å². The van der Waals surface area contributed by atoms with Crippen LogP contribution in [-0.4, -0.2) is 23.4 Å². The molecule has 1 aromatic carbocycles. The van der Waals surface area contributed by atoms with Gasteiger partial charge in [0, 0.05) is 16.8 Å². The largest absolute Gasteiger partial charge is 0.486 e. The van der Waals surface area contributed by atoms with E-state index in [1.165, 1.54) is 12.3 Å². The average molecular weight is 304 g/mol. The van der Waals surface area contributed by atoms with E-state index >= 15 is 0 Å². The lowest BCUT2D eigenvalue weighted by molar-refractivity contribution is 0.167. The van der Waals surface area contributed by atoms with Gasteiger partial charge in [-0.2, -0.15) is 0 Å². The molecule has 2 aromatic rings. The fraction of sp³-hybridized carbons (Fsp3) is 0.312. The lowest BCUT2D eigenvalue weighted by Gasteiger charge is -2.32. The molecule has 5 heteroatoms. The standard InChI is InChI=1S/C16H17FN2OS/c1-2-19-16(11-7-12(17)9-18-8-11)14-10-21-15-6-4-3-5-13(15)20-14/h3-9,14,16,19H,2,10H2,1H3. The minimum Gasteiger partial charge on any atom is -0.486 e. The molecule has 110 valence electrons. The van der Waals surface area contributed by atoms with Gasteiger partial charge in [-0.15, -0.1) is 11.8 Å². The van der Waals surface area contributed by atoms with E-state index in [9.17, 15) is 4.39 Å². The van der Waals surface area contributed by atoms with Crippen molar-refractivity contribution >= 4 is 11.8 Å². The number of para-hydroxylation sites is 1. The second-order valence-electron chi connectivity index (χ2n) is 4.89. The smallest absolute Gasteiger partial charge is 0.141 e. The fourth-order valence-electron chi connectivity index (χ4n) is 2.48. The summed E-state index contributed by atoms with van der Waals surface area (Å²) < 4.78 is 19.5. The fourth-order valence-corrected chi connectivity index (χ4v) is 3.52. The Morgan fingerprint density at radius 1 is 1.43 bits per heavy atom. The minimum atomic E-state index is -0.320. The van der Waals surface area contributed by atoms with Crippen LogP contribution >= 0.6 is 11.8 Å². The number of thioether (sulfide) groups is 1. The number of likely N-dealkylation sites (N-methyl/N-ethyl adjacent to an activating group) is 1. The Morgan fingerprint density at radius 3 is 3.10 bits per heavy atom. The topological polar surface area (TPSA) is 34.2 Å². The molecule has 1 aliphatic rings. The molecule has 2 atom stereocenters. The number of nitrogens with zero attached hydrogens (tertiary/aromatic N) is 1. The Balaban J connectivity index is 1.85. The van der Waals surface area contributed by atoms with Crippen molar-refractivity contribution in [1.29, 1.82) is 0 Å². The first-order valence-electron chi connectivity index (χ1n) is 7.00. The zero-order chi connectivity index (χ0) is 14.7. The van der Waals surface area contributed by atoms with Gasteiger partial charge in [0.2, 0.25) is 0 Å². The quantitative estimate of drug-likeness (QED) is 0.938. The van der Waals surface area contributed by atoms with Gasteiger partial charge in [0.25, 0.3) is 0 Å². The molecule has 3 nitrogen and oxygen atoms in total. The lowest BCUT2D eigenvalue weighted by Crippen LogP contribution is -2.39. The third-order valence-corrected chi connectivity index (χ3v) is 4.56. The SMILES string of the molecule is CCNC(c1cncc(F)c1)C1CSc2ccccc2O1. The molecule has 0 radical (unpaired) electrons. The van der Waals surface area contributed by atoms with E-state index in [0.717, 1.165) is 28.5 Å². The number of hydrogen-bond acceptors (Lipinski definition) is 4. The molecule has 0 amide bonds. The Kier molecular flexibility index (Phi) is 4.41. The van der Waals surface area contributed by atoms with E-state index in [0.29, 0.717) is 0 Å². The van der Waals surface area contributed by atoms with Crippen LogP contribution in [0.2, 0.25) is 0 Å². The zero-order valence-corrected chi connectivity index (χ0v) is 12.6. The van der Waals surface area contributed by atoms with Crippen molar-refractivity contribution in [2.75, 3.05) is 12.3 Å². The molecule has 0 saturated carbocycles. The third kappa shape index (κ3) is 3.19. The number of fused-ring (bicyclic) bond motifs is 1. The van der Waals surface area contributed by atoms with Crippen LogP contribution in [0.5, 0.6) is 5.75 Å². The van der Waals surface area contributed by atoms with E-state index in [4.69, 9.17) is 4.74 Å². The summed E-state index contributed by atoms with van der Waals surface area (Å²) in [4.78, 5) is 5.10. The molecule has 0 fully saturated rings. The van der Waals surface area contributed by atoms with Crippen LogP contribution in [0, 0.1) is 5.82 Å². The van der Waals surface area contributed by atoms with Crippen LogP contribution in [-0.2, 0) is 0 Å². The van der Waals surface area contributed by atoms with Crippen LogP contribution in [0.15, 0.2) is 47.6 Å². The Bertz CT molecular complexity index is 623. The Labute approximate surface area is 127 Å². The molecule has 21 heavy (non-hydrogen) atoms. The van der Waals surface area contributed by atoms with Crippen molar-refractivity contribution in [1.82, 2.24) is 10.3 Å². The summed E-state index contributed by atoms with van der Waals surface area (Å²) in [5.74, 6) is 1.40. The molecule has 0 aliphatic carbocycles. The van der Waals surface area contributed by atoms with Gasteiger partial charge in [0.15, 0.2) is 0 Å². The van der Waals surface area contributed by atoms with Crippen molar-refractivity contribution in [3.05, 3.63) is 54.1 Å². The van der Waals surface area contributed by atoms with E-state index < -0.39 is 0 Å². The molecule has 2 heterocycles. The predicted octanol–water partition coefficient (Wildman–Crippen LogP) is 3.42. The van der Waals surface area contributed by atoms with Crippen LogP contribution < -0.4 is 10.1 Å². The number of halogens is 1. The summed E-state index contributed by atoms with van der Waals surface area (Å²) in [6, 6.07) is 9.46. The van der Waals surface area contributed by atoms with Gasteiger partial charge in [-0.1, -0.05) is 19.1 Å². The molecule has 0 bridgehead atoms. The third-order valence-electron chi connectivity index (χ3n) is 3.41. The van der Waals surface area contributed by atoms with Gasteiger partial charge >= 0.3 is 0 Å². The van der Waals surface area contributed by atoms with Crippen LogP contribution in [0.25, 0.3) is 0 Å². The molecule has 2 unspecified atom stereocenters. The van der Waals surface area contributed by atoms with Crippen molar-refractivity contribution in [2.24, 2.45) is 0 Å². The maximum atomic E-state index is 13.4. The highest BCUT2D eigenvalue weighted by molar-refractivity contribution is 7.99. The monoisotopic (exact) mass is 304 g/mol. The first kappa shape index (κ1) is 14.4. The number of pyridine rings is 1. The van der Waals surface area contributed by atoms with E-state index in [-0.39, 0.29) is 18.0 Å². The van der Waals surface area contributed by atoms with Gasteiger partial charge in [0.1, 0.15) is 17.7 Å². The highest BCUT2D eigenvalue weighted by Gasteiger charge is 2.29. The van der Waals surface area contributed by atoms with Crippen molar-refractivity contribution in [3.63, 3.8) is 0 Å². The highest BCUT2D eigenvalue weighted by Crippen LogP contribution is 2.38. The van der Waals surface area contributed by atoms with Gasteiger partial charge in [0.05, 0.1) is 12.2 Å². The normalized spacial score (nSPS) is 18.7. The van der Waals surface area contributed by atoms with Crippen LogP contribution in [0.4, 0.5) is 4.39 Å². The van der Waals surface area contributed by atoms with Crippen LogP contribution in [0.3, 0.4) is 0 Å². The molecule has 3 rings (SSSR count). The number of hydrogen-bond donors (Lipinski definition) is 1. The second-order valence-corrected chi connectivity index (χ2v) is 5.95. The zero-order valence-electron chi connectivity index (χ0n) is 11.8. The number of aromatic nitrogens is 1.